The smallest absolute Gasteiger partial charge is 0.215 e. The molecular weight excluding hydrogens is 192 g/mol. The van der Waals surface area contributed by atoms with Gasteiger partial charge in [-0.25, -0.2) is 0 Å². The highest BCUT2D eigenvalue weighted by atomic mass is 16.8. The van der Waals surface area contributed by atoms with E-state index in [0.717, 1.165) is 11.1 Å². The van der Waals surface area contributed by atoms with Crippen LogP contribution in [0.5, 0.6) is 5.75 Å². The molecule has 2 heterocycles. The van der Waals surface area contributed by atoms with Crippen LogP contribution in [0.1, 0.15) is 18.1 Å². The predicted molar refractivity (Wildman–Crippen MR) is 55.2 cm³/mol. The number of aromatic hydroxyl groups is 1. The van der Waals surface area contributed by atoms with Crippen LogP contribution in [0.3, 0.4) is 0 Å². The van der Waals surface area contributed by atoms with E-state index in [-0.39, 0.29) is 11.9 Å². The van der Waals surface area contributed by atoms with Gasteiger partial charge in [-0.2, -0.15) is 0 Å². The van der Waals surface area contributed by atoms with E-state index in [2.05, 4.69) is 0 Å². The Morgan fingerprint density at radius 1 is 1.47 bits per heavy atom. The molecule has 3 nitrogen and oxygen atoms in total. The molecule has 1 spiro atoms. The number of phenolic OH excluding ortho intramolecular Hbond substituents is 1. The van der Waals surface area contributed by atoms with Gasteiger partial charge in [-0.3, -0.25) is 0 Å². The molecular formula is C12H12O3. The fraction of sp³-hybridized carbons (Fsp3) is 0.333. The molecule has 15 heavy (non-hydrogen) atoms. The van der Waals surface area contributed by atoms with Gasteiger partial charge < -0.3 is 14.6 Å². The minimum Gasteiger partial charge on any atom is -0.508 e. The summed E-state index contributed by atoms with van der Waals surface area (Å²) < 4.78 is 11.1. The van der Waals surface area contributed by atoms with Crippen molar-refractivity contribution in [3.63, 3.8) is 0 Å². The second-order valence-electron chi connectivity index (χ2n) is 3.95. The number of epoxide rings is 1. The van der Waals surface area contributed by atoms with Gasteiger partial charge in [0, 0.05) is 5.56 Å². The summed E-state index contributed by atoms with van der Waals surface area (Å²) in [5.74, 6) is -0.270. The van der Waals surface area contributed by atoms with Gasteiger partial charge in [-0.05, 0) is 24.6 Å². The van der Waals surface area contributed by atoms with Crippen molar-refractivity contribution in [3.05, 3.63) is 35.4 Å². The number of benzene rings is 1. The molecule has 3 rings (SSSR count). The Morgan fingerprint density at radius 3 is 3.00 bits per heavy atom. The monoisotopic (exact) mass is 204 g/mol. The summed E-state index contributed by atoms with van der Waals surface area (Å²) in [6, 6.07) is 5.46. The summed E-state index contributed by atoms with van der Waals surface area (Å²) >= 11 is 0. The number of ether oxygens (including phenoxy) is 2. The van der Waals surface area contributed by atoms with E-state index >= 15 is 0 Å². The summed E-state index contributed by atoms with van der Waals surface area (Å²) in [6.45, 7) is 2.36. The highest BCUT2D eigenvalue weighted by Gasteiger charge is 2.53. The van der Waals surface area contributed by atoms with Crippen LogP contribution >= 0.6 is 0 Å². The topological polar surface area (TPSA) is 42.0 Å². The second kappa shape index (κ2) is 2.84. The lowest BCUT2D eigenvalue weighted by molar-refractivity contribution is -0.0181. The van der Waals surface area contributed by atoms with Crippen molar-refractivity contribution in [1.29, 1.82) is 0 Å². The Bertz CT molecular complexity index is 438. The molecule has 1 N–H and O–H groups in total. The Hall–Kier alpha value is -1.32. The maximum atomic E-state index is 9.68. The standard InChI is InChI=1S/C12H12O3/c1-8-12(15-8)6-5-9-3-2-4-11(13)10(9)7-14-12/h2-6,8,13H,7H2,1H3/t8-,12+/m1/s1. The van der Waals surface area contributed by atoms with Crippen molar-refractivity contribution in [3.8, 4) is 5.75 Å². The van der Waals surface area contributed by atoms with Crippen molar-refractivity contribution >= 4 is 6.08 Å². The molecule has 0 aliphatic carbocycles. The van der Waals surface area contributed by atoms with Gasteiger partial charge >= 0.3 is 0 Å². The fourth-order valence-electron chi connectivity index (χ4n) is 1.91. The number of fused-ring (bicyclic) bond motifs is 1. The molecule has 2 aliphatic rings. The summed E-state index contributed by atoms with van der Waals surface area (Å²) in [7, 11) is 0. The first-order valence-electron chi connectivity index (χ1n) is 5.03. The minimum absolute atomic E-state index is 0.102. The third kappa shape index (κ3) is 1.28. The normalized spacial score (nSPS) is 32.5. The Morgan fingerprint density at radius 2 is 2.27 bits per heavy atom. The minimum atomic E-state index is -0.550. The molecule has 1 fully saturated rings. The number of phenols is 1. The molecule has 0 radical (unpaired) electrons. The molecule has 0 amide bonds. The van der Waals surface area contributed by atoms with Crippen molar-refractivity contribution < 1.29 is 14.6 Å². The van der Waals surface area contributed by atoms with Crippen LogP contribution in [-0.4, -0.2) is 17.0 Å². The average molecular weight is 204 g/mol. The lowest BCUT2D eigenvalue weighted by atomic mass is 10.1. The van der Waals surface area contributed by atoms with Gasteiger partial charge in [0.1, 0.15) is 11.9 Å². The third-order valence-corrected chi connectivity index (χ3v) is 3.00. The molecule has 1 saturated heterocycles. The van der Waals surface area contributed by atoms with Crippen molar-refractivity contribution in [2.45, 2.75) is 25.4 Å². The number of hydrogen-bond acceptors (Lipinski definition) is 3. The van der Waals surface area contributed by atoms with Crippen molar-refractivity contribution in [2.24, 2.45) is 0 Å². The summed E-state index contributed by atoms with van der Waals surface area (Å²) in [6.07, 6.45) is 3.97. The van der Waals surface area contributed by atoms with Gasteiger partial charge in [0.2, 0.25) is 5.79 Å². The molecule has 0 unspecified atom stereocenters. The largest absolute Gasteiger partial charge is 0.508 e. The average Bonchev–Trinajstić information content (AvgIpc) is 2.90. The zero-order valence-electron chi connectivity index (χ0n) is 8.43. The molecule has 2 atom stereocenters. The van der Waals surface area contributed by atoms with E-state index < -0.39 is 5.79 Å². The molecule has 0 aromatic heterocycles. The highest BCUT2D eigenvalue weighted by molar-refractivity contribution is 5.59. The van der Waals surface area contributed by atoms with E-state index in [1.54, 1.807) is 6.07 Å². The predicted octanol–water partition coefficient (Wildman–Crippen LogP) is 2.05. The number of hydrogen-bond donors (Lipinski definition) is 1. The van der Waals surface area contributed by atoms with Gasteiger partial charge in [-0.15, -0.1) is 0 Å². The van der Waals surface area contributed by atoms with E-state index in [1.807, 2.05) is 31.2 Å². The van der Waals surface area contributed by atoms with Gasteiger partial charge in [0.25, 0.3) is 0 Å². The van der Waals surface area contributed by atoms with E-state index in [9.17, 15) is 5.11 Å². The molecule has 0 saturated carbocycles. The van der Waals surface area contributed by atoms with E-state index in [0.29, 0.717) is 6.61 Å². The van der Waals surface area contributed by atoms with Crippen molar-refractivity contribution in [2.75, 3.05) is 0 Å². The molecule has 1 aromatic rings. The SMILES string of the molecule is C[C@H]1O[C@@]12C=Cc1cccc(O)c1CO2. The molecule has 1 aromatic carbocycles. The lowest BCUT2D eigenvalue weighted by Crippen LogP contribution is -2.14. The quantitative estimate of drug-likeness (QED) is 0.657. The summed E-state index contributed by atoms with van der Waals surface area (Å²) in [4.78, 5) is 0. The van der Waals surface area contributed by atoms with E-state index in [1.165, 1.54) is 0 Å². The summed E-state index contributed by atoms with van der Waals surface area (Å²) in [5, 5.41) is 9.68. The van der Waals surface area contributed by atoms with Crippen molar-refractivity contribution in [1.82, 2.24) is 0 Å². The molecule has 78 valence electrons. The first-order chi connectivity index (χ1) is 7.21. The zero-order chi connectivity index (χ0) is 10.5. The van der Waals surface area contributed by atoms with Crippen LogP contribution in [-0.2, 0) is 16.1 Å². The molecule has 3 heteroatoms. The summed E-state index contributed by atoms with van der Waals surface area (Å²) in [5.41, 5.74) is 1.82. The van der Waals surface area contributed by atoms with Crippen LogP contribution in [0.4, 0.5) is 0 Å². The molecule has 0 bridgehead atoms. The zero-order valence-corrected chi connectivity index (χ0v) is 8.43. The highest BCUT2D eigenvalue weighted by Crippen LogP contribution is 2.42. The van der Waals surface area contributed by atoms with Crippen LogP contribution in [0.2, 0.25) is 0 Å². The van der Waals surface area contributed by atoms with Gasteiger partial charge in [-0.1, -0.05) is 18.2 Å². The molecule has 2 aliphatic heterocycles. The Balaban J connectivity index is 2.01. The third-order valence-electron chi connectivity index (χ3n) is 3.00. The van der Waals surface area contributed by atoms with Crippen LogP contribution in [0.25, 0.3) is 6.08 Å². The van der Waals surface area contributed by atoms with E-state index in [4.69, 9.17) is 9.47 Å². The maximum absolute atomic E-state index is 9.68. The number of rotatable bonds is 0. The van der Waals surface area contributed by atoms with Crippen LogP contribution in [0, 0.1) is 0 Å². The fourth-order valence-corrected chi connectivity index (χ4v) is 1.91. The first-order valence-corrected chi connectivity index (χ1v) is 5.03. The Labute approximate surface area is 87.9 Å². The first kappa shape index (κ1) is 8.95. The second-order valence-corrected chi connectivity index (χ2v) is 3.95. The van der Waals surface area contributed by atoms with Crippen LogP contribution < -0.4 is 0 Å². The lowest BCUT2D eigenvalue weighted by Gasteiger charge is -2.08. The van der Waals surface area contributed by atoms with Gasteiger partial charge in [0.05, 0.1) is 6.61 Å². The van der Waals surface area contributed by atoms with Gasteiger partial charge in [0.15, 0.2) is 0 Å². The maximum Gasteiger partial charge on any atom is 0.215 e. The Kier molecular flexibility index (Phi) is 1.69. The van der Waals surface area contributed by atoms with Crippen LogP contribution in [0.15, 0.2) is 24.3 Å².